The molecule has 0 aliphatic heterocycles. The molecule has 0 saturated heterocycles. The van der Waals surface area contributed by atoms with Crippen LogP contribution in [0.3, 0.4) is 0 Å². The number of hydrogen-bond donors (Lipinski definition) is 2. The fourth-order valence-corrected chi connectivity index (χ4v) is 1.85. The Balaban J connectivity index is 2.14. The Bertz CT molecular complexity index is 564. The van der Waals surface area contributed by atoms with Crippen molar-refractivity contribution >= 4 is 5.82 Å². The van der Waals surface area contributed by atoms with E-state index in [1.54, 1.807) is 12.1 Å². The van der Waals surface area contributed by atoms with E-state index in [0.29, 0.717) is 11.7 Å². The first-order valence-corrected chi connectivity index (χ1v) is 6.77. The van der Waals surface area contributed by atoms with Crippen molar-refractivity contribution in [3.05, 3.63) is 48.0 Å². The molecule has 1 aromatic carbocycles. The summed E-state index contributed by atoms with van der Waals surface area (Å²) in [6.07, 6.45) is 1.10. The predicted octanol–water partition coefficient (Wildman–Crippen LogP) is 3.85. The van der Waals surface area contributed by atoms with E-state index < -0.39 is 0 Å². The summed E-state index contributed by atoms with van der Waals surface area (Å²) < 4.78 is 5.72. The predicted molar refractivity (Wildman–Crippen MR) is 81.9 cm³/mol. The number of nitrogens with two attached hydrogens (primary N) is 1. The van der Waals surface area contributed by atoms with Crippen molar-refractivity contribution in [3.8, 4) is 11.6 Å². The summed E-state index contributed by atoms with van der Waals surface area (Å²) in [5, 5.41) is 0. The van der Waals surface area contributed by atoms with Crippen LogP contribution in [0.25, 0.3) is 0 Å². The molecule has 4 nitrogen and oxygen atoms in total. The number of nitrogens with one attached hydrogen (secondary N) is 1. The summed E-state index contributed by atoms with van der Waals surface area (Å²) in [6.45, 7) is 6.67. The Morgan fingerprint density at radius 3 is 2.45 bits per heavy atom. The average Bonchev–Trinajstić information content (AvgIpc) is 2.48. The molecule has 0 aliphatic carbocycles. The molecule has 4 heteroatoms. The van der Waals surface area contributed by atoms with Crippen molar-refractivity contribution in [1.82, 2.24) is 4.98 Å². The van der Waals surface area contributed by atoms with Gasteiger partial charge in [0.15, 0.2) is 0 Å². The van der Waals surface area contributed by atoms with E-state index in [9.17, 15) is 0 Å². The van der Waals surface area contributed by atoms with Crippen LogP contribution in [0.15, 0.2) is 42.5 Å². The summed E-state index contributed by atoms with van der Waals surface area (Å²) in [6, 6.07) is 13.6. The summed E-state index contributed by atoms with van der Waals surface area (Å²) in [7, 11) is 0. The molecule has 106 valence electrons. The third-order valence-corrected chi connectivity index (χ3v) is 3.61. The molecule has 0 fully saturated rings. The second-order valence-corrected chi connectivity index (χ2v) is 5.37. The van der Waals surface area contributed by atoms with E-state index in [-0.39, 0.29) is 5.41 Å². The minimum atomic E-state index is 0.181. The molecule has 0 saturated carbocycles. The number of hydrogen-bond acceptors (Lipinski definition) is 4. The summed E-state index contributed by atoms with van der Waals surface area (Å²) >= 11 is 0. The van der Waals surface area contributed by atoms with Crippen LogP contribution in [0.2, 0.25) is 0 Å². The Morgan fingerprint density at radius 2 is 1.85 bits per heavy atom. The molecule has 0 amide bonds. The van der Waals surface area contributed by atoms with Crippen LogP contribution in [0, 0.1) is 0 Å². The Kier molecular flexibility index (Phi) is 4.25. The average molecular weight is 271 g/mol. The molecule has 0 atom stereocenters. The highest BCUT2D eigenvalue weighted by molar-refractivity contribution is 5.38. The number of nitrogen functional groups attached to an aromatic ring is 1. The highest BCUT2D eigenvalue weighted by atomic mass is 16.5. The van der Waals surface area contributed by atoms with Gasteiger partial charge in [0.2, 0.25) is 5.88 Å². The number of ether oxygens (including phenoxy) is 1. The molecule has 0 aliphatic rings. The molecule has 1 aromatic heterocycles. The molecule has 0 unspecified atom stereocenters. The molecule has 20 heavy (non-hydrogen) atoms. The van der Waals surface area contributed by atoms with Crippen molar-refractivity contribution in [2.45, 2.75) is 32.6 Å². The third kappa shape index (κ3) is 3.27. The zero-order valence-corrected chi connectivity index (χ0v) is 12.2. The number of anilines is 1. The molecule has 3 N–H and O–H groups in total. The number of rotatable bonds is 5. The van der Waals surface area contributed by atoms with Gasteiger partial charge in [-0.1, -0.05) is 39.0 Å². The zero-order chi connectivity index (χ0) is 14.6. The maximum atomic E-state index is 5.72. The first-order chi connectivity index (χ1) is 9.55. The molecular weight excluding hydrogens is 250 g/mol. The largest absolute Gasteiger partial charge is 0.439 e. The first kappa shape index (κ1) is 14.3. The number of benzene rings is 1. The van der Waals surface area contributed by atoms with E-state index in [0.717, 1.165) is 12.2 Å². The van der Waals surface area contributed by atoms with Crippen LogP contribution >= 0.6 is 0 Å². The van der Waals surface area contributed by atoms with Gasteiger partial charge in [-0.25, -0.2) is 5.84 Å². The normalized spacial score (nSPS) is 11.2. The maximum Gasteiger partial charge on any atom is 0.221 e. The monoisotopic (exact) mass is 271 g/mol. The minimum Gasteiger partial charge on any atom is -0.439 e. The van der Waals surface area contributed by atoms with Gasteiger partial charge < -0.3 is 10.2 Å². The van der Waals surface area contributed by atoms with Crippen molar-refractivity contribution in [2.24, 2.45) is 5.84 Å². The molecule has 0 bridgehead atoms. The SMILES string of the molecule is CCC(C)(C)c1ccc(Oc2cccc(NN)n2)cc1. The van der Waals surface area contributed by atoms with Crippen LogP contribution in [0.1, 0.15) is 32.8 Å². The number of pyridine rings is 1. The van der Waals surface area contributed by atoms with Gasteiger partial charge >= 0.3 is 0 Å². The van der Waals surface area contributed by atoms with Crippen molar-refractivity contribution in [1.29, 1.82) is 0 Å². The lowest BCUT2D eigenvalue weighted by atomic mass is 9.82. The van der Waals surface area contributed by atoms with E-state index in [1.807, 2.05) is 18.2 Å². The van der Waals surface area contributed by atoms with Gasteiger partial charge in [0.1, 0.15) is 11.6 Å². The smallest absolute Gasteiger partial charge is 0.221 e. The summed E-state index contributed by atoms with van der Waals surface area (Å²) in [4.78, 5) is 4.22. The zero-order valence-electron chi connectivity index (χ0n) is 12.2. The fraction of sp³-hybridized carbons (Fsp3) is 0.312. The summed E-state index contributed by atoms with van der Waals surface area (Å²) in [5.74, 6) is 7.18. The first-order valence-electron chi connectivity index (χ1n) is 6.77. The van der Waals surface area contributed by atoms with Crippen LogP contribution in [-0.4, -0.2) is 4.98 Å². The second-order valence-electron chi connectivity index (χ2n) is 5.37. The lowest BCUT2D eigenvalue weighted by Crippen LogP contribution is -2.14. The van der Waals surface area contributed by atoms with Gasteiger partial charge in [0, 0.05) is 6.07 Å². The number of aromatic nitrogens is 1. The van der Waals surface area contributed by atoms with E-state index in [4.69, 9.17) is 10.6 Å². The van der Waals surface area contributed by atoms with E-state index >= 15 is 0 Å². The maximum absolute atomic E-state index is 5.72. The number of nitrogens with zero attached hydrogens (tertiary/aromatic N) is 1. The highest BCUT2D eigenvalue weighted by Gasteiger charge is 2.17. The molecule has 1 heterocycles. The van der Waals surface area contributed by atoms with Crippen molar-refractivity contribution in [2.75, 3.05) is 5.43 Å². The van der Waals surface area contributed by atoms with Gasteiger partial charge in [-0.15, -0.1) is 0 Å². The molecular formula is C16H21N3O. The van der Waals surface area contributed by atoms with Crippen molar-refractivity contribution < 1.29 is 4.74 Å². The highest BCUT2D eigenvalue weighted by Crippen LogP contribution is 2.29. The van der Waals surface area contributed by atoms with Crippen LogP contribution < -0.4 is 16.0 Å². The van der Waals surface area contributed by atoms with Gasteiger partial charge in [0.05, 0.1) is 0 Å². The van der Waals surface area contributed by atoms with Gasteiger partial charge in [-0.2, -0.15) is 4.98 Å². The third-order valence-electron chi connectivity index (χ3n) is 3.61. The lowest BCUT2D eigenvalue weighted by Gasteiger charge is -2.23. The van der Waals surface area contributed by atoms with Crippen LogP contribution in [-0.2, 0) is 5.41 Å². The number of hydrazine groups is 1. The molecule has 2 rings (SSSR count). The minimum absolute atomic E-state index is 0.181. The van der Waals surface area contributed by atoms with Gasteiger partial charge in [0.25, 0.3) is 0 Å². The van der Waals surface area contributed by atoms with Gasteiger partial charge in [-0.3, -0.25) is 0 Å². The van der Waals surface area contributed by atoms with Crippen LogP contribution in [0.5, 0.6) is 11.6 Å². The molecule has 0 radical (unpaired) electrons. The lowest BCUT2D eigenvalue weighted by molar-refractivity contribution is 0.461. The molecule has 2 aromatic rings. The van der Waals surface area contributed by atoms with E-state index in [1.165, 1.54) is 5.56 Å². The van der Waals surface area contributed by atoms with Crippen LogP contribution in [0.4, 0.5) is 5.82 Å². The fourth-order valence-electron chi connectivity index (χ4n) is 1.85. The molecule has 0 spiro atoms. The topological polar surface area (TPSA) is 60.2 Å². The van der Waals surface area contributed by atoms with Gasteiger partial charge in [-0.05, 0) is 35.6 Å². The van der Waals surface area contributed by atoms with Crippen molar-refractivity contribution in [3.63, 3.8) is 0 Å². The Morgan fingerprint density at radius 1 is 1.15 bits per heavy atom. The summed E-state index contributed by atoms with van der Waals surface area (Å²) in [5.41, 5.74) is 3.98. The quantitative estimate of drug-likeness (QED) is 0.640. The second kappa shape index (κ2) is 5.92. The Labute approximate surface area is 120 Å². The van der Waals surface area contributed by atoms with E-state index in [2.05, 4.69) is 43.3 Å². The standard InChI is InChI=1S/C16H21N3O/c1-4-16(2,3)12-8-10-13(11-9-12)20-15-7-5-6-14(18-15)19-17/h5-11H,4,17H2,1-3H3,(H,18,19). The Hall–Kier alpha value is -2.07.